The molecule has 0 aliphatic carbocycles. The highest BCUT2D eigenvalue weighted by atomic mass is 32.1. The normalized spacial score (nSPS) is 18.5. The van der Waals surface area contributed by atoms with Crippen molar-refractivity contribution in [2.45, 2.75) is 39.4 Å². The van der Waals surface area contributed by atoms with E-state index in [4.69, 9.17) is 21.7 Å². The Morgan fingerprint density at radius 2 is 1.97 bits per heavy atom. The van der Waals surface area contributed by atoms with E-state index >= 15 is 0 Å². The molecule has 3 aromatic rings. The molecule has 5 rings (SSSR count). The summed E-state index contributed by atoms with van der Waals surface area (Å²) in [5.74, 6) is 1.66. The number of hydrogen-bond acceptors (Lipinski definition) is 5. The predicted molar refractivity (Wildman–Crippen MR) is 113 cm³/mol. The number of aryl methyl sites for hydroxylation is 2. The van der Waals surface area contributed by atoms with Crippen molar-refractivity contribution in [1.29, 1.82) is 0 Å². The third kappa shape index (κ3) is 3.34. The van der Waals surface area contributed by atoms with Gasteiger partial charge in [0.2, 0.25) is 11.6 Å². The number of benzene rings is 2. The van der Waals surface area contributed by atoms with Gasteiger partial charge in [-0.1, -0.05) is 23.8 Å². The van der Waals surface area contributed by atoms with Gasteiger partial charge in [-0.05, 0) is 68.2 Å². The minimum Gasteiger partial charge on any atom is -0.454 e. The molecule has 2 aromatic carbocycles. The van der Waals surface area contributed by atoms with Crippen molar-refractivity contribution < 1.29 is 9.47 Å². The molecule has 6 nitrogen and oxygen atoms in total. The minimum atomic E-state index is 0.304. The summed E-state index contributed by atoms with van der Waals surface area (Å²) < 4.78 is 15.6. The molecule has 0 amide bonds. The molecule has 1 fully saturated rings. The van der Waals surface area contributed by atoms with Gasteiger partial charge in [-0.3, -0.25) is 9.47 Å². The Hall–Kier alpha value is -2.64. The maximum absolute atomic E-state index is 5.75. The number of rotatable bonds is 4. The van der Waals surface area contributed by atoms with Gasteiger partial charge in [0.05, 0.1) is 12.4 Å². The van der Waals surface area contributed by atoms with E-state index in [0.29, 0.717) is 24.3 Å². The molecule has 0 radical (unpaired) electrons. The topological polar surface area (TPSA) is 44.5 Å². The van der Waals surface area contributed by atoms with Crippen molar-refractivity contribution in [3.8, 4) is 17.2 Å². The van der Waals surface area contributed by atoms with Gasteiger partial charge < -0.3 is 9.47 Å². The summed E-state index contributed by atoms with van der Waals surface area (Å²) in [7, 11) is 0. The zero-order valence-corrected chi connectivity index (χ0v) is 17.5. The average molecular weight is 409 g/mol. The molecule has 29 heavy (non-hydrogen) atoms. The molecule has 150 valence electrons. The Morgan fingerprint density at radius 1 is 1.10 bits per heavy atom. The Bertz CT molecular complexity index is 1120. The van der Waals surface area contributed by atoms with Crippen LogP contribution in [0, 0.1) is 18.6 Å². The van der Waals surface area contributed by atoms with Crippen LogP contribution in [-0.2, 0) is 6.67 Å². The van der Waals surface area contributed by atoms with E-state index in [1.807, 2.05) is 21.6 Å². The quantitative estimate of drug-likeness (QED) is 0.593. The summed E-state index contributed by atoms with van der Waals surface area (Å²) in [6.45, 7) is 6.21. The van der Waals surface area contributed by atoms with E-state index in [-0.39, 0.29) is 0 Å². The summed E-state index contributed by atoms with van der Waals surface area (Å²) in [6.07, 6.45) is 4.10. The summed E-state index contributed by atoms with van der Waals surface area (Å²) in [5, 5.41) is 4.59. The fraction of sp³-hybridized carbons (Fsp3) is 0.364. The number of aromatic nitrogens is 3. The van der Waals surface area contributed by atoms with Crippen LogP contribution in [-0.4, -0.2) is 32.6 Å². The van der Waals surface area contributed by atoms with Crippen molar-refractivity contribution in [2.75, 3.05) is 13.3 Å². The Labute approximate surface area is 175 Å². The molecular formula is C22H24N4O2S. The van der Waals surface area contributed by atoms with Crippen LogP contribution in [0.3, 0.4) is 0 Å². The van der Waals surface area contributed by atoms with E-state index < -0.39 is 0 Å². The van der Waals surface area contributed by atoms with Crippen molar-refractivity contribution in [1.82, 2.24) is 19.2 Å². The van der Waals surface area contributed by atoms with E-state index in [2.05, 4.69) is 54.2 Å². The van der Waals surface area contributed by atoms with Gasteiger partial charge in [-0.2, -0.15) is 5.10 Å². The second-order valence-corrected chi connectivity index (χ2v) is 8.16. The van der Waals surface area contributed by atoms with Gasteiger partial charge in [0.25, 0.3) is 0 Å². The molecule has 0 bridgehead atoms. The first-order chi connectivity index (χ1) is 14.1. The van der Waals surface area contributed by atoms with Gasteiger partial charge in [0.15, 0.2) is 11.5 Å². The Kier molecular flexibility index (Phi) is 4.64. The maximum Gasteiger partial charge on any atom is 0.231 e. The van der Waals surface area contributed by atoms with E-state index in [1.54, 1.807) is 0 Å². The molecule has 2 aliphatic rings. The average Bonchev–Trinajstić information content (AvgIpc) is 3.43. The van der Waals surface area contributed by atoms with Crippen molar-refractivity contribution in [3.05, 3.63) is 64.2 Å². The molecule has 3 heterocycles. The van der Waals surface area contributed by atoms with Crippen molar-refractivity contribution in [3.63, 3.8) is 0 Å². The van der Waals surface area contributed by atoms with Crippen LogP contribution in [0.2, 0.25) is 0 Å². The number of ether oxygens (including phenoxy) is 2. The monoisotopic (exact) mass is 408 g/mol. The highest BCUT2D eigenvalue weighted by Crippen LogP contribution is 2.39. The fourth-order valence-electron chi connectivity index (χ4n) is 4.34. The number of fused-ring (bicyclic) bond motifs is 1. The zero-order valence-electron chi connectivity index (χ0n) is 16.7. The van der Waals surface area contributed by atoms with Gasteiger partial charge in [-0.25, -0.2) is 4.68 Å². The van der Waals surface area contributed by atoms with Gasteiger partial charge in [0.1, 0.15) is 6.33 Å². The van der Waals surface area contributed by atoms with Crippen LogP contribution in [0.25, 0.3) is 5.69 Å². The predicted octanol–water partition coefficient (Wildman–Crippen LogP) is 4.54. The first-order valence-corrected chi connectivity index (χ1v) is 10.4. The van der Waals surface area contributed by atoms with Gasteiger partial charge in [-0.15, -0.1) is 0 Å². The van der Waals surface area contributed by atoms with Crippen LogP contribution < -0.4 is 9.47 Å². The lowest BCUT2D eigenvalue weighted by molar-refractivity contribution is 0.173. The van der Waals surface area contributed by atoms with Crippen LogP contribution >= 0.6 is 12.2 Å². The largest absolute Gasteiger partial charge is 0.454 e. The van der Waals surface area contributed by atoms with Crippen LogP contribution in [0.4, 0.5) is 0 Å². The van der Waals surface area contributed by atoms with Crippen molar-refractivity contribution >= 4 is 12.2 Å². The molecule has 0 saturated carbocycles. The van der Waals surface area contributed by atoms with E-state index in [1.165, 1.54) is 16.7 Å². The van der Waals surface area contributed by atoms with Crippen LogP contribution in [0.15, 0.2) is 42.7 Å². The maximum atomic E-state index is 5.75. The Morgan fingerprint density at radius 3 is 2.83 bits per heavy atom. The van der Waals surface area contributed by atoms with E-state index in [0.717, 1.165) is 36.6 Å². The lowest BCUT2D eigenvalue weighted by Crippen LogP contribution is -2.27. The first-order valence-electron chi connectivity index (χ1n) is 9.96. The van der Waals surface area contributed by atoms with Crippen molar-refractivity contribution in [2.24, 2.45) is 0 Å². The summed E-state index contributed by atoms with van der Waals surface area (Å²) in [4.78, 5) is 2.44. The number of likely N-dealkylation sites (tertiary alicyclic amines) is 1. The lowest BCUT2D eigenvalue weighted by Gasteiger charge is -2.24. The van der Waals surface area contributed by atoms with E-state index in [9.17, 15) is 0 Å². The highest BCUT2D eigenvalue weighted by Gasteiger charge is 2.28. The molecule has 0 N–H and O–H groups in total. The molecule has 1 saturated heterocycles. The smallest absolute Gasteiger partial charge is 0.231 e. The molecule has 0 spiro atoms. The molecule has 1 unspecified atom stereocenters. The van der Waals surface area contributed by atoms with Crippen LogP contribution in [0.5, 0.6) is 11.5 Å². The highest BCUT2D eigenvalue weighted by molar-refractivity contribution is 7.71. The molecule has 2 aliphatic heterocycles. The molecule has 7 heteroatoms. The summed E-state index contributed by atoms with van der Waals surface area (Å²) >= 11 is 5.75. The molecule has 1 atom stereocenters. The SMILES string of the molecule is Cc1ccc(-n2cnn(CN3CCCC3c3ccc4c(c3)OCO4)c2=S)c(C)c1. The Balaban J connectivity index is 1.40. The molecular weight excluding hydrogens is 384 g/mol. The fourth-order valence-corrected chi connectivity index (χ4v) is 4.59. The van der Waals surface area contributed by atoms with Gasteiger partial charge in [0, 0.05) is 12.6 Å². The number of nitrogens with zero attached hydrogens (tertiary/aromatic N) is 4. The second-order valence-electron chi connectivity index (χ2n) is 7.80. The summed E-state index contributed by atoms with van der Waals surface area (Å²) in [6, 6.07) is 13.0. The first kappa shape index (κ1) is 18.4. The third-order valence-corrected chi connectivity index (χ3v) is 6.21. The molecule has 1 aromatic heterocycles. The van der Waals surface area contributed by atoms with Gasteiger partial charge >= 0.3 is 0 Å². The standard InChI is InChI=1S/C22H24N4O2S/c1-15-5-7-18(16(2)10-15)25-12-23-26(22(25)29)13-24-9-3-4-19(24)17-6-8-20-21(11-17)28-14-27-20/h5-8,10-12,19H,3-4,9,13-14H2,1-2H3. The number of hydrogen-bond donors (Lipinski definition) is 0. The lowest BCUT2D eigenvalue weighted by atomic mass is 10.0. The minimum absolute atomic E-state index is 0.304. The second kappa shape index (κ2) is 7.31. The third-order valence-electron chi connectivity index (χ3n) is 5.81. The summed E-state index contributed by atoms with van der Waals surface area (Å²) in [5.41, 5.74) is 4.78. The zero-order chi connectivity index (χ0) is 20.0. The van der Waals surface area contributed by atoms with Crippen LogP contribution in [0.1, 0.15) is 35.6 Å².